The third kappa shape index (κ3) is 1.92. The Morgan fingerprint density at radius 2 is 1.92 bits per heavy atom. The van der Waals surface area contributed by atoms with Crippen molar-refractivity contribution in [1.29, 1.82) is 0 Å². The van der Waals surface area contributed by atoms with Crippen LogP contribution in [0, 0.1) is 0 Å². The molecule has 1 aromatic carbocycles. The van der Waals surface area contributed by atoms with Crippen molar-refractivity contribution in [2.24, 2.45) is 0 Å². The highest BCUT2D eigenvalue weighted by atomic mass is 31.2. The van der Waals surface area contributed by atoms with Gasteiger partial charge in [-0.05, 0) is 30.0 Å². The molecule has 0 amide bonds. The van der Waals surface area contributed by atoms with Crippen molar-refractivity contribution in [2.45, 2.75) is 6.42 Å². The van der Waals surface area contributed by atoms with Crippen molar-refractivity contribution in [1.82, 2.24) is 0 Å². The molecule has 2 rings (SSSR count). The summed E-state index contributed by atoms with van der Waals surface area (Å²) in [6, 6.07) is 10.2. The third-order valence-corrected chi connectivity index (χ3v) is 4.37. The fourth-order valence-corrected chi connectivity index (χ4v) is 3.42. The zero-order valence-electron chi connectivity index (χ0n) is 7.73. The molecule has 0 radical (unpaired) electrons. The van der Waals surface area contributed by atoms with Crippen molar-refractivity contribution in [3.05, 3.63) is 41.7 Å². The molecular formula is C11H13OP. The summed E-state index contributed by atoms with van der Waals surface area (Å²) >= 11 is 0. The van der Waals surface area contributed by atoms with E-state index in [-0.39, 0.29) is 0 Å². The smallest absolute Gasteiger partial charge is 0.106 e. The molecule has 1 atom stereocenters. The van der Waals surface area contributed by atoms with Gasteiger partial charge < -0.3 is 4.57 Å². The van der Waals surface area contributed by atoms with Gasteiger partial charge >= 0.3 is 0 Å². The highest BCUT2D eigenvalue weighted by Gasteiger charge is 2.21. The number of hydrogen-bond donors (Lipinski definition) is 0. The van der Waals surface area contributed by atoms with Gasteiger partial charge in [-0.2, -0.15) is 0 Å². The molecule has 2 heteroatoms. The van der Waals surface area contributed by atoms with Crippen LogP contribution < -0.4 is 0 Å². The molecule has 1 unspecified atom stereocenters. The molecule has 0 N–H and O–H groups in total. The second kappa shape index (κ2) is 3.16. The maximum atomic E-state index is 11.7. The second-order valence-corrected chi connectivity index (χ2v) is 6.72. The van der Waals surface area contributed by atoms with Crippen LogP contribution in [0.15, 0.2) is 36.1 Å². The van der Waals surface area contributed by atoms with Crippen molar-refractivity contribution >= 4 is 12.7 Å². The van der Waals surface area contributed by atoms with Gasteiger partial charge in [0.1, 0.15) is 7.14 Å². The Kier molecular flexibility index (Phi) is 2.13. The van der Waals surface area contributed by atoms with Crippen LogP contribution in [-0.2, 0) is 4.57 Å². The quantitative estimate of drug-likeness (QED) is 0.623. The van der Waals surface area contributed by atoms with Gasteiger partial charge in [0, 0.05) is 6.16 Å². The van der Waals surface area contributed by atoms with Crippen molar-refractivity contribution in [3.63, 3.8) is 0 Å². The maximum absolute atomic E-state index is 11.7. The predicted molar refractivity (Wildman–Crippen MR) is 57.4 cm³/mol. The van der Waals surface area contributed by atoms with Crippen LogP contribution >= 0.6 is 7.14 Å². The van der Waals surface area contributed by atoms with Crippen molar-refractivity contribution in [2.75, 3.05) is 12.8 Å². The molecular weight excluding hydrogens is 179 g/mol. The fourth-order valence-electron chi connectivity index (χ4n) is 1.67. The van der Waals surface area contributed by atoms with E-state index in [2.05, 4.69) is 12.1 Å². The Bertz CT molecular complexity index is 378. The van der Waals surface area contributed by atoms with Crippen LogP contribution in [0.4, 0.5) is 0 Å². The van der Waals surface area contributed by atoms with Crippen LogP contribution in [0.25, 0.3) is 5.57 Å². The average molecular weight is 192 g/mol. The zero-order valence-corrected chi connectivity index (χ0v) is 8.63. The molecule has 0 saturated heterocycles. The molecule has 13 heavy (non-hydrogen) atoms. The first-order chi connectivity index (χ1) is 6.17. The van der Waals surface area contributed by atoms with E-state index in [4.69, 9.17) is 0 Å². The summed E-state index contributed by atoms with van der Waals surface area (Å²) in [4.78, 5) is 0. The SMILES string of the molecule is CP1(=O)C=C(c2ccccc2)CC1. The predicted octanol–water partition coefficient (Wildman–Crippen LogP) is 3.42. The molecule has 0 aliphatic carbocycles. The van der Waals surface area contributed by atoms with Crippen molar-refractivity contribution in [3.8, 4) is 0 Å². The average Bonchev–Trinajstić information content (AvgIpc) is 2.48. The van der Waals surface area contributed by atoms with E-state index in [0.29, 0.717) is 0 Å². The highest BCUT2D eigenvalue weighted by molar-refractivity contribution is 7.67. The lowest BCUT2D eigenvalue weighted by Gasteiger charge is -1.98. The molecule has 1 nitrogen and oxygen atoms in total. The van der Waals surface area contributed by atoms with Crippen LogP contribution in [0.3, 0.4) is 0 Å². The van der Waals surface area contributed by atoms with E-state index in [1.54, 1.807) is 0 Å². The molecule has 1 aromatic rings. The minimum absolute atomic E-state index is 0.844. The molecule has 0 spiro atoms. The minimum Gasteiger partial charge on any atom is -0.319 e. The summed E-state index contributed by atoms with van der Waals surface area (Å²) in [6.45, 7) is 1.86. The lowest BCUT2D eigenvalue weighted by molar-refractivity contribution is 0.585. The molecule has 68 valence electrons. The summed E-state index contributed by atoms with van der Waals surface area (Å²) in [7, 11) is -1.93. The Morgan fingerprint density at radius 3 is 2.46 bits per heavy atom. The van der Waals surface area contributed by atoms with Crippen molar-refractivity contribution < 1.29 is 4.57 Å². The molecule has 0 saturated carbocycles. The Labute approximate surface area is 78.9 Å². The van der Waals surface area contributed by atoms with Crippen LogP contribution in [0.5, 0.6) is 0 Å². The monoisotopic (exact) mass is 192 g/mol. The number of benzene rings is 1. The summed E-state index contributed by atoms with van der Waals surface area (Å²) in [5, 5.41) is 0. The molecule has 0 aromatic heterocycles. The standard InChI is InChI=1S/C11H13OP/c1-13(12)8-7-11(9-13)10-5-3-2-4-6-10/h2-6,9H,7-8H2,1H3. The van der Waals surface area contributed by atoms with Gasteiger partial charge in [0.2, 0.25) is 0 Å². The Morgan fingerprint density at radius 1 is 1.23 bits per heavy atom. The molecule has 1 aliphatic heterocycles. The van der Waals surface area contributed by atoms with Crippen LogP contribution in [0.1, 0.15) is 12.0 Å². The van der Waals surface area contributed by atoms with Gasteiger partial charge in [-0.3, -0.25) is 0 Å². The van der Waals surface area contributed by atoms with E-state index >= 15 is 0 Å². The van der Waals surface area contributed by atoms with Gasteiger partial charge in [0.15, 0.2) is 0 Å². The first-order valence-electron chi connectivity index (χ1n) is 4.51. The van der Waals surface area contributed by atoms with Gasteiger partial charge in [-0.15, -0.1) is 0 Å². The number of allylic oxidation sites excluding steroid dienone is 1. The van der Waals surface area contributed by atoms with E-state index in [1.165, 1.54) is 11.1 Å². The zero-order chi connectivity index (χ0) is 9.31. The fraction of sp³-hybridized carbons (Fsp3) is 0.273. The van der Waals surface area contributed by atoms with Gasteiger partial charge in [-0.1, -0.05) is 30.3 Å². The second-order valence-electron chi connectivity index (χ2n) is 3.67. The van der Waals surface area contributed by atoms with E-state index in [0.717, 1.165) is 12.6 Å². The first-order valence-corrected chi connectivity index (χ1v) is 6.92. The summed E-state index contributed by atoms with van der Waals surface area (Å²) in [5.74, 6) is 1.97. The summed E-state index contributed by atoms with van der Waals surface area (Å²) in [5.41, 5.74) is 2.48. The lowest BCUT2D eigenvalue weighted by Crippen LogP contribution is -1.80. The summed E-state index contributed by atoms with van der Waals surface area (Å²) in [6.07, 6.45) is 1.81. The molecule has 1 aliphatic rings. The number of rotatable bonds is 1. The topological polar surface area (TPSA) is 17.1 Å². The third-order valence-electron chi connectivity index (χ3n) is 2.40. The van der Waals surface area contributed by atoms with Crippen LogP contribution in [0.2, 0.25) is 0 Å². The Hall–Kier alpha value is -0.810. The van der Waals surface area contributed by atoms with E-state index < -0.39 is 7.14 Å². The van der Waals surface area contributed by atoms with Crippen LogP contribution in [-0.4, -0.2) is 12.8 Å². The van der Waals surface area contributed by atoms with Gasteiger partial charge in [0.25, 0.3) is 0 Å². The van der Waals surface area contributed by atoms with E-state index in [9.17, 15) is 4.57 Å². The Balaban J connectivity index is 2.35. The molecule has 0 bridgehead atoms. The normalized spacial score (nSPS) is 27.3. The van der Waals surface area contributed by atoms with Gasteiger partial charge in [-0.25, -0.2) is 0 Å². The highest BCUT2D eigenvalue weighted by Crippen LogP contribution is 2.52. The first kappa shape index (κ1) is 8.77. The maximum Gasteiger partial charge on any atom is 0.106 e. The molecule has 1 heterocycles. The number of hydrogen-bond acceptors (Lipinski definition) is 1. The summed E-state index contributed by atoms with van der Waals surface area (Å²) < 4.78 is 11.7. The minimum atomic E-state index is -1.93. The molecule has 0 fully saturated rings. The largest absolute Gasteiger partial charge is 0.319 e. The van der Waals surface area contributed by atoms with Gasteiger partial charge in [0.05, 0.1) is 0 Å². The van der Waals surface area contributed by atoms with E-state index in [1.807, 2.05) is 30.7 Å². The lowest BCUT2D eigenvalue weighted by atomic mass is 10.1.